The lowest BCUT2D eigenvalue weighted by Crippen LogP contribution is -2.25. The maximum atomic E-state index is 12.4. The van der Waals surface area contributed by atoms with Crippen LogP contribution in [0.25, 0.3) is 6.08 Å². The Kier molecular flexibility index (Phi) is 5.26. The van der Waals surface area contributed by atoms with Crippen molar-refractivity contribution < 1.29 is 9.90 Å². The number of carbonyl (C=O) groups excluding carboxylic acids is 1. The molecule has 27 heavy (non-hydrogen) atoms. The summed E-state index contributed by atoms with van der Waals surface area (Å²) in [6.45, 7) is 7.81. The number of rotatable bonds is 4. The SMILES string of the molecule is CC1=NC(=O)/C(=C\C=C\c2ccccc2)N1c1cc(C(C)C)c(O)cc1C. The quantitative estimate of drug-likeness (QED) is 0.764. The fraction of sp³-hybridized carbons (Fsp3) is 0.217. The molecule has 1 N–H and O–H groups in total. The van der Waals surface area contributed by atoms with Gasteiger partial charge in [0, 0.05) is 0 Å². The maximum absolute atomic E-state index is 12.4. The molecular formula is C23H24N2O2. The van der Waals surface area contributed by atoms with Crippen molar-refractivity contribution in [1.82, 2.24) is 0 Å². The summed E-state index contributed by atoms with van der Waals surface area (Å²) < 4.78 is 0. The molecule has 1 heterocycles. The first-order chi connectivity index (χ1) is 12.9. The van der Waals surface area contributed by atoms with Gasteiger partial charge in [-0.1, -0.05) is 56.3 Å². The molecule has 0 fully saturated rings. The molecule has 2 aromatic carbocycles. The van der Waals surface area contributed by atoms with Gasteiger partial charge in [0.15, 0.2) is 0 Å². The van der Waals surface area contributed by atoms with E-state index in [9.17, 15) is 9.90 Å². The summed E-state index contributed by atoms with van der Waals surface area (Å²) >= 11 is 0. The van der Waals surface area contributed by atoms with Gasteiger partial charge >= 0.3 is 0 Å². The van der Waals surface area contributed by atoms with Crippen molar-refractivity contribution in [3.63, 3.8) is 0 Å². The number of aliphatic imine (C=N–C) groups is 1. The molecule has 0 spiro atoms. The number of amidine groups is 1. The lowest BCUT2D eigenvalue weighted by atomic mass is 9.98. The third kappa shape index (κ3) is 3.85. The van der Waals surface area contributed by atoms with Gasteiger partial charge in [-0.25, -0.2) is 0 Å². The highest BCUT2D eigenvalue weighted by molar-refractivity contribution is 6.20. The number of hydrogen-bond acceptors (Lipinski definition) is 3. The summed E-state index contributed by atoms with van der Waals surface area (Å²) in [5, 5.41) is 10.2. The minimum Gasteiger partial charge on any atom is -0.508 e. The Hall–Kier alpha value is -3.14. The fourth-order valence-corrected chi connectivity index (χ4v) is 3.19. The van der Waals surface area contributed by atoms with Gasteiger partial charge in [-0.05, 0) is 54.7 Å². The zero-order valence-corrected chi connectivity index (χ0v) is 16.1. The number of amides is 1. The first-order valence-electron chi connectivity index (χ1n) is 9.05. The maximum Gasteiger partial charge on any atom is 0.295 e. The van der Waals surface area contributed by atoms with Crippen LogP contribution in [0.15, 0.2) is 65.3 Å². The van der Waals surface area contributed by atoms with Crippen molar-refractivity contribution in [2.45, 2.75) is 33.6 Å². The van der Waals surface area contributed by atoms with Crippen LogP contribution in [0.4, 0.5) is 5.69 Å². The summed E-state index contributed by atoms with van der Waals surface area (Å²) in [7, 11) is 0. The highest BCUT2D eigenvalue weighted by Gasteiger charge is 2.29. The van der Waals surface area contributed by atoms with Gasteiger partial charge in [0.1, 0.15) is 17.3 Å². The number of phenols is 1. The molecule has 0 aliphatic carbocycles. The Morgan fingerprint density at radius 1 is 1.11 bits per heavy atom. The number of carbonyl (C=O) groups is 1. The molecule has 4 nitrogen and oxygen atoms in total. The molecule has 0 saturated carbocycles. The van der Waals surface area contributed by atoms with E-state index in [1.807, 2.05) is 81.1 Å². The molecule has 1 amide bonds. The number of nitrogens with zero attached hydrogens (tertiary/aromatic N) is 2. The number of aryl methyl sites for hydroxylation is 1. The third-order valence-corrected chi connectivity index (χ3v) is 4.60. The molecule has 4 heteroatoms. The zero-order chi connectivity index (χ0) is 19.6. The minimum absolute atomic E-state index is 0.172. The van der Waals surface area contributed by atoms with E-state index in [1.54, 1.807) is 12.1 Å². The van der Waals surface area contributed by atoms with Crippen LogP contribution in [0.2, 0.25) is 0 Å². The Balaban J connectivity index is 2.01. The summed E-state index contributed by atoms with van der Waals surface area (Å²) in [6.07, 6.45) is 5.61. The zero-order valence-electron chi connectivity index (χ0n) is 16.1. The molecule has 0 saturated heterocycles. The number of allylic oxidation sites excluding steroid dienone is 2. The van der Waals surface area contributed by atoms with Crippen molar-refractivity contribution in [3.8, 4) is 5.75 Å². The van der Waals surface area contributed by atoms with Crippen LogP contribution in [0, 0.1) is 6.92 Å². The summed E-state index contributed by atoms with van der Waals surface area (Å²) in [5.74, 6) is 0.817. The molecule has 1 aliphatic heterocycles. The number of phenolic OH excluding ortho intramolecular Hbond substituents is 1. The van der Waals surface area contributed by atoms with E-state index < -0.39 is 0 Å². The normalized spacial score (nSPS) is 16.0. The number of hydrogen-bond donors (Lipinski definition) is 1. The number of aromatic hydroxyl groups is 1. The molecule has 0 radical (unpaired) electrons. The van der Waals surface area contributed by atoms with Crippen molar-refractivity contribution in [2.75, 3.05) is 4.90 Å². The predicted octanol–water partition coefficient (Wildman–Crippen LogP) is 5.19. The third-order valence-electron chi connectivity index (χ3n) is 4.60. The topological polar surface area (TPSA) is 52.9 Å². The van der Waals surface area contributed by atoms with Crippen LogP contribution in [0.1, 0.15) is 43.4 Å². The lowest BCUT2D eigenvalue weighted by Gasteiger charge is -2.23. The van der Waals surface area contributed by atoms with Gasteiger partial charge in [-0.2, -0.15) is 4.99 Å². The molecule has 3 rings (SSSR count). The molecule has 1 aliphatic rings. The van der Waals surface area contributed by atoms with Crippen LogP contribution in [0.5, 0.6) is 5.75 Å². The second-order valence-corrected chi connectivity index (χ2v) is 6.97. The summed E-state index contributed by atoms with van der Waals surface area (Å²) in [5.41, 5.74) is 4.17. The highest BCUT2D eigenvalue weighted by Crippen LogP contribution is 2.36. The van der Waals surface area contributed by atoms with Crippen molar-refractivity contribution in [3.05, 3.63) is 77.0 Å². The second-order valence-electron chi connectivity index (χ2n) is 6.97. The van der Waals surface area contributed by atoms with Gasteiger partial charge < -0.3 is 5.11 Å². The predicted molar refractivity (Wildman–Crippen MR) is 111 cm³/mol. The molecule has 138 valence electrons. The average Bonchev–Trinajstić information content (AvgIpc) is 2.89. The van der Waals surface area contributed by atoms with Crippen LogP contribution in [0.3, 0.4) is 0 Å². The molecule has 2 aromatic rings. The first-order valence-corrected chi connectivity index (χ1v) is 9.05. The molecular weight excluding hydrogens is 336 g/mol. The van der Waals surface area contributed by atoms with E-state index in [1.165, 1.54) is 0 Å². The summed E-state index contributed by atoms with van der Waals surface area (Å²) in [6, 6.07) is 13.6. The van der Waals surface area contributed by atoms with E-state index in [0.29, 0.717) is 11.5 Å². The highest BCUT2D eigenvalue weighted by atomic mass is 16.3. The largest absolute Gasteiger partial charge is 0.508 e. The number of benzene rings is 2. The van der Waals surface area contributed by atoms with Crippen LogP contribution in [-0.4, -0.2) is 16.8 Å². The van der Waals surface area contributed by atoms with Gasteiger partial charge in [0.25, 0.3) is 5.91 Å². The molecule has 0 aromatic heterocycles. The van der Waals surface area contributed by atoms with Gasteiger partial charge in [0.05, 0.1) is 5.69 Å². The van der Waals surface area contributed by atoms with Gasteiger partial charge in [0.2, 0.25) is 0 Å². The van der Waals surface area contributed by atoms with Crippen LogP contribution >= 0.6 is 0 Å². The van der Waals surface area contributed by atoms with Gasteiger partial charge in [-0.15, -0.1) is 0 Å². The molecule has 0 atom stereocenters. The van der Waals surface area contributed by atoms with E-state index in [0.717, 1.165) is 22.4 Å². The lowest BCUT2D eigenvalue weighted by molar-refractivity contribution is -0.113. The summed E-state index contributed by atoms with van der Waals surface area (Å²) in [4.78, 5) is 18.4. The Morgan fingerprint density at radius 3 is 2.48 bits per heavy atom. The smallest absolute Gasteiger partial charge is 0.295 e. The van der Waals surface area contributed by atoms with Crippen molar-refractivity contribution in [2.24, 2.45) is 4.99 Å². The van der Waals surface area contributed by atoms with E-state index in [2.05, 4.69) is 4.99 Å². The minimum atomic E-state index is -0.260. The Morgan fingerprint density at radius 2 is 1.81 bits per heavy atom. The standard InChI is InChI=1S/C23H24N2O2/c1-15(2)19-14-21(16(3)13-22(19)26)25-17(4)24-23(27)20(25)12-8-11-18-9-6-5-7-10-18/h5-15,26H,1-4H3/b11-8+,20-12+. The number of anilines is 1. The van der Waals surface area contributed by atoms with Crippen molar-refractivity contribution in [1.29, 1.82) is 0 Å². The molecule has 0 bridgehead atoms. The second kappa shape index (κ2) is 7.62. The van der Waals surface area contributed by atoms with Gasteiger partial charge in [-0.3, -0.25) is 9.69 Å². The van der Waals surface area contributed by atoms with E-state index in [4.69, 9.17) is 0 Å². The van der Waals surface area contributed by atoms with E-state index >= 15 is 0 Å². The Bertz CT molecular complexity index is 954. The first kappa shape index (κ1) is 18.6. The van der Waals surface area contributed by atoms with Crippen LogP contribution in [-0.2, 0) is 4.79 Å². The van der Waals surface area contributed by atoms with E-state index in [-0.39, 0.29) is 17.6 Å². The van der Waals surface area contributed by atoms with Crippen molar-refractivity contribution >= 4 is 23.5 Å². The fourth-order valence-electron chi connectivity index (χ4n) is 3.19. The molecule has 0 unspecified atom stereocenters. The van der Waals surface area contributed by atoms with Crippen LogP contribution < -0.4 is 4.90 Å². The monoisotopic (exact) mass is 360 g/mol. The average molecular weight is 360 g/mol. The Labute approximate surface area is 160 Å².